The van der Waals surface area contributed by atoms with E-state index >= 15 is 0 Å². The van der Waals surface area contributed by atoms with Crippen molar-refractivity contribution in [1.29, 1.82) is 0 Å². The first kappa shape index (κ1) is 12.5. The van der Waals surface area contributed by atoms with Crippen molar-refractivity contribution >= 4 is 15.9 Å². The van der Waals surface area contributed by atoms with Crippen LogP contribution in [-0.2, 0) is 0 Å². The number of benzene rings is 1. The Kier molecular flexibility index (Phi) is 3.90. The monoisotopic (exact) mass is 309 g/mol. The van der Waals surface area contributed by atoms with Gasteiger partial charge in [0.2, 0.25) is 0 Å². The highest BCUT2D eigenvalue weighted by Crippen LogP contribution is 2.34. The molecule has 0 aromatic heterocycles. The Balaban J connectivity index is 1.66. The van der Waals surface area contributed by atoms with Crippen molar-refractivity contribution in [1.82, 2.24) is 5.32 Å². The molecule has 1 saturated carbocycles. The second-order valence-corrected chi connectivity index (χ2v) is 6.30. The molecule has 1 aliphatic heterocycles. The molecule has 1 aliphatic carbocycles. The zero-order valence-corrected chi connectivity index (χ0v) is 12.2. The Labute approximate surface area is 117 Å². The lowest BCUT2D eigenvalue weighted by Crippen LogP contribution is -2.26. The fourth-order valence-corrected chi connectivity index (χ4v) is 2.99. The van der Waals surface area contributed by atoms with Gasteiger partial charge in [-0.25, -0.2) is 0 Å². The standard InChI is InChI=1S/C15H20BrNO/c16-13-9-12(14-3-1-2-8-17-14)6-7-15(13)18-10-11-4-5-11/h6-7,9,11,14,17H,1-5,8,10H2. The zero-order chi connectivity index (χ0) is 12.4. The van der Waals surface area contributed by atoms with Crippen LogP contribution in [0.2, 0.25) is 0 Å². The maximum Gasteiger partial charge on any atom is 0.133 e. The Morgan fingerprint density at radius 2 is 2.11 bits per heavy atom. The molecular weight excluding hydrogens is 290 g/mol. The topological polar surface area (TPSA) is 21.3 Å². The van der Waals surface area contributed by atoms with Crippen molar-refractivity contribution in [3.8, 4) is 5.75 Å². The van der Waals surface area contributed by atoms with Crippen LogP contribution in [0.5, 0.6) is 5.75 Å². The SMILES string of the molecule is Brc1cc(C2CCCCN2)ccc1OCC1CC1. The van der Waals surface area contributed by atoms with Crippen molar-refractivity contribution in [2.24, 2.45) is 5.92 Å². The van der Waals surface area contributed by atoms with Crippen LogP contribution in [-0.4, -0.2) is 13.2 Å². The van der Waals surface area contributed by atoms with E-state index in [1.54, 1.807) is 0 Å². The van der Waals surface area contributed by atoms with Crippen LogP contribution >= 0.6 is 15.9 Å². The van der Waals surface area contributed by atoms with E-state index in [2.05, 4.69) is 39.4 Å². The summed E-state index contributed by atoms with van der Waals surface area (Å²) in [6, 6.07) is 7.05. The molecular formula is C15H20BrNO. The summed E-state index contributed by atoms with van der Waals surface area (Å²) in [4.78, 5) is 0. The van der Waals surface area contributed by atoms with Gasteiger partial charge in [0.15, 0.2) is 0 Å². The van der Waals surface area contributed by atoms with Gasteiger partial charge in [-0.1, -0.05) is 12.5 Å². The van der Waals surface area contributed by atoms with Crippen LogP contribution in [0.25, 0.3) is 0 Å². The first-order valence-corrected chi connectivity index (χ1v) is 7.78. The van der Waals surface area contributed by atoms with Gasteiger partial charge in [-0.15, -0.1) is 0 Å². The molecule has 0 amide bonds. The second kappa shape index (κ2) is 5.62. The van der Waals surface area contributed by atoms with Crippen molar-refractivity contribution in [3.63, 3.8) is 0 Å². The van der Waals surface area contributed by atoms with E-state index in [1.807, 2.05) is 0 Å². The largest absolute Gasteiger partial charge is 0.492 e. The van der Waals surface area contributed by atoms with Gasteiger partial charge in [-0.05, 0) is 71.8 Å². The minimum absolute atomic E-state index is 0.521. The van der Waals surface area contributed by atoms with Crippen molar-refractivity contribution < 1.29 is 4.74 Å². The van der Waals surface area contributed by atoms with Crippen molar-refractivity contribution in [2.45, 2.75) is 38.1 Å². The summed E-state index contributed by atoms with van der Waals surface area (Å²) in [7, 11) is 0. The third-order valence-corrected chi connectivity index (χ3v) is 4.46. The zero-order valence-electron chi connectivity index (χ0n) is 10.6. The summed E-state index contributed by atoms with van der Waals surface area (Å²) in [5, 5.41) is 3.58. The highest BCUT2D eigenvalue weighted by Gasteiger charge is 2.22. The molecule has 2 fully saturated rings. The lowest BCUT2D eigenvalue weighted by molar-refractivity contribution is 0.297. The Bertz CT molecular complexity index is 411. The molecule has 98 valence electrons. The highest BCUT2D eigenvalue weighted by atomic mass is 79.9. The molecule has 3 heteroatoms. The highest BCUT2D eigenvalue weighted by molar-refractivity contribution is 9.10. The molecule has 1 aromatic carbocycles. The first-order chi connectivity index (χ1) is 8.83. The van der Waals surface area contributed by atoms with E-state index in [0.717, 1.165) is 29.3 Å². The molecule has 18 heavy (non-hydrogen) atoms. The number of ether oxygens (including phenoxy) is 1. The van der Waals surface area contributed by atoms with Gasteiger partial charge < -0.3 is 10.1 Å². The fraction of sp³-hybridized carbons (Fsp3) is 0.600. The molecule has 3 rings (SSSR count). The summed E-state index contributed by atoms with van der Waals surface area (Å²) in [6.45, 7) is 2.02. The fourth-order valence-electron chi connectivity index (χ4n) is 2.48. The molecule has 2 aliphatic rings. The summed E-state index contributed by atoms with van der Waals surface area (Å²) < 4.78 is 6.93. The van der Waals surface area contributed by atoms with Gasteiger partial charge in [0.1, 0.15) is 5.75 Å². The quantitative estimate of drug-likeness (QED) is 0.906. The predicted molar refractivity (Wildman–Crippen MR) is 77.0 cm³/mol. The summed E-state index contributed by atoms with van der Waals surface area (Å²) in [6.07, 6.45) is 6.55. The van der Waals surface area contributed by atoms with Crippen LogP contribution in [0.3, 0.4) is 0 Å². The summed E-state index contributed by atoms with van der Waals surface area (Å²) in [5.41, 5.74) is 1.38. The molecule has 1 unspecified atom stereocenters. The van der Waals surface area contributed by atoms with E-state index in [1.165, 1.54) is 37.7 Å². The normalized spacial score (nSPS) is 23.9. The van der Waals surface area contributed by atoms with E-state index in [9.17, 15) is 0 Å². The lowest BCUT2D eigenvalue weighted by Gasteiger charge is -2.24. The smallest absolute Gasteiger partial charge is 0.133 e. The molecule has 2 nitrogen and oxygen atoms in total. The predicted octanol–water partition coefficient (Wildman–Crippen LogP) is 4.05. The van der Waals surface area contributed by atoms with Crippen LogP contribution in [0.1, 0.15) is 43.7 Å². The van der Waals surface area contributed by atoms with Gasteiger partial charge in [0.05, 0.1) is 11.1 Å². The van der Waals surface area contributed by atoms with Gasteiger partial charge in [-0.2, -0.15) is 0 Å². The molecule has 1 N–H and O–H groups in total. The molecule has 1 aromatic rings. The number of nitrogens with one attached hydrogen (secondary N) is 1. The average molecular weight is 310 g/mol. The Morgan fingerprint density at radius 3 is 2.78 bits per heavy atom. The third-order valence-electron chi connectivity index (χ3n) is 3.84. The van der Waals surface area contributed by atoms with E-state index in [-0.39, 0.29) is 0 Å². The number of piperidine rings is 1. The third kappa shape index (κ3) is 3.07. The number of hydrogen-bond donors (Lipinski definition) is 1. The Hall–Kier alpha value is -0.540. The lowest BCUT2D eigenvalue weighted by atomic mass is 9.97. The Morgan fingerprint density at radius 1 is 1.22 bits per heavy atom. The molecule has 1 atom stereocenters. The van der Waals surface area contributed by atoms with Gasteiger partial charge >= 0.3 is 0 Å². The molecule has 1 heterocycles. The van der Waals surface area contributed by atoms with E-state index in [0.29, 0.717) is 6.04 Å². The van der Waals surface area contributed by atoms with E-state index < -0.39 is 0 Å². The van der Waals surface area contributed by atoms with Crippen molar-refractivity contribution in [2.75, 3.05) is 13.2 Å². The molecule has 0 spiro atoms. The summed E-state index contributed by atoms with van der Waals surface area (Å²) in [5.74, 6) is 1.79. The molecule has 0 bridgehead atoms. The van der Waals surface area contributed by atoms with Crippen LogP contribution in [0.4, 0.5) is 0 Å². The second-order valence-electron chi connectivity index (χ2n) is 5.45. The minimum atomic E-state index is 0.521. The van der Waals surface area contributed by atoms with Crippen LogP contribution in [0.15, 0.2) is 22.7 Å². The van der Waals surface area contributed by atoms with Gasteiger partial charge in [0.25, 0.3) is 0 Å². The molecule has 1 saturated heterocycles. The van der Waals surface area contributed by atoms with Gasteiger partial charge in [0, 0.05) is 6.04 Å². The van der Waals surface area contributed by atoms with E-state index in [4.69, 9.17) is 4.74 Å². The van der Waals surface area contributed by atoms with Crippen LogP contribution in [0, 0.1) is 5.92 Å². The maximum atomic E-state index is 5.84. The van der Waals surface area contributed by atoms with Crippen molar-refractivity contribution in [3.05, 3.63) is 28.2 Å². The number of halogens is 1. The minimum Gasteiger partial charge on any atom is -0.492 e. The van der Waals surface area contributed by atoms with Crippen LogP contribution < -0.4 is 10.1 Å². The number of rotatable bonds is 4. The average Bonchev–Trinajstić information content (AvgIpc) is 3.22. The van der Waals surface area contributed by atoms with Gasteiger partial charge in [-0.3, -0.25) is 0 Å². The maximum absolute atomic E-state index is 5.84. The first-order valence-electron chi connectivity index (χ1n) is 6.98. The number of hydrogen-bond acceptors (Lipinski definition) is 2. The molecule has 0 radical (unpaired) electrons. The summed E-state index contributed by atoms with van der Waals surface area (Å²) >= 11 is 3.63.